The summed E-state index contributed by atoms with van der Waals surface area (Å²) in [5.41, 5.74) is 0. The number of hydrogen-bond acceptors (Lipinski definition) is 5. The molecule has 0 fully saturated rings. The molecule has 0 amide bonds. The highest BCUT2D eigenvalue weighted by Crippen LogP contribution is 2.61. The van der Waals surface area contributed by atoms with Gasteiger partial charge in [0.2, 0.25) is 0 Å². The van der Waals surface area contributed by atoms with Gasteiger partial charge in [0, 0.05) is 0 Å². The van der Waals surface area contributed by atoms with E-state index in [1.54, 1.807) is 23.5 Å². The smallest absolute Gasteiger partial charge is 0.305 e. The summed E-state index contributed by atoms with van der Waals surface area (Å²) in [6.45, 7) is 4.50. The minimum Gasteiger partial charge on any atom is -0.305 e. The number of rotatable bonds is 5. The van der Waals surface area contributed by atoms with Crippen molar-refractivity contribution in [3.05, 3.63) is 10.1 Å². The van der Waals surface area contributed by atoms with Crippen LogP contribution >= 0.6 is 31.1 Å². The molecule has 0 aromatic rings. The maximum Gasteiger partial charge on any atom is 0.368 e. The molecule has 0 unspecified atom stereocenters. The van der Waals surface area contributed by atoms with Crippen LogP contribution in [-0.4, -0.2) is 24.7 Å². The zero-order valence-corrected chi connectivity index (χ0v) is 11.6. The summed E-state index contributed by atoms with van der Waals surface area (Å²) in [7, 11) is -3.02. The minimum atomic E-state index is -3.02. The predicted molar refractivity (Wildman–Crippen MR) is 68.5 cm³/mol. The molecule has 15 heavy (non-hydrogen) atoms. The largest absolute Gasteiger partial charge is 0.368 e. The highest BCUT2D eigenvalue weighted by molar-refractivity contribution is 8.12. The van der Waals surface area contributed by atoms with Gasteiger partial charge in [0.1, 0.15) is 4.65 Å². The van der Waals surface area contributed by atoms with Gasteiger partial charge in [-0.15, -0.1) is 23.5 Å². The third kappa shape index (κ3) is 4.16. The van der Waals surface area contributed by atoms with Crippen LogP contribution in [0.1, 0.15) is 20.3 Å². The van der Waals surface area contributed by atoms with Gasteiger partial charge in [-0.25, -0.2) is 0 Å². The topological polar surface area (TPSA) is 35.5 Å². The van der Waals surface area contributed by atoms with Crippen molar-refractivity contribution in [1.82, 2.24) is 0 Å². The Morgan fingerprint density at radius 3 is 2.60 bits per heavy atom. The molecule has 0 bridgehead atoms. The summed E-state index contributed by atoms with van der Waals surface area (Å²) in [6.07, 6.45) is 1.13. The standard InChI is InChI=1S/C9H17O3PS2/c1-3-11-13(10,12-4-2)9-8-14-6-5-7-15-9/h8H,3-7H2,1-2H3. The molecule has 1 heterocycles. The highest BCUT2D eigenvalue weighted by Gasteiger charge is 2.30. The Labute approximate surface area is 99.9 Å². The predicted octanol–water partition coefficient (Wildman–Crippen LogP) is 3.92. The molecular formula is C9H17O3PS2. The zero-order valence-electron chi connectivity index (χ0n) is 9.10. The Kier molecular flexibility index (Phi) is 6.39. The van der Waals surface area contributed by atoms with Crippen molar-refractivity contribution in [3.63, 3.8) is 0 Å². The van der Waals surface area contributed by atoms with Crippen LogP contribution in [0.2, 0.25) is 0 Å². The van der Waals surface area contributed by atoms with Crippen LogP contribution < -0.4 is 0 Å². The molecule has 1 aliphatic rings. The van der Waals surface area contributed by atoms with E-state index in [0.717, 1.165) is 22.6 Å². The fourth-order valence-corrected chi connectivity index (χ4v) is 5.83. The van der Waals surface area contributed by atoms with Crippen molar-refractivity contribution in [1.29, 1.82) is 0 Å². The van der Waals surface area contributed by atoms with E-state index in [1.165, 1.54) is 0 Å². The molecule has 1 aliphatic heterocycles. The molecule has 0 saturated carbocycles. The van der Waals surface area contributed by atoms with E-state index in [2.05, 4.69) is 0 Å². The van der Waals surface area contributed by atoms with Crippen LogP contribution in [0, 0.1) is 0 Å². The first-order valence-electron chi connectivity index (χ1n) is 5.07. The normalized spacial score (nSPS) is 18.4. The molecule has 0 radical (unpaired) electrons. The first-order chi connectivity index (χ1) is 7.23. The van der Waals surface area contributed by atoms with Gasteiger partial charge in [-0.3, -0.25) is 4.57 Å². The molecular weight excluding hydrogens is 251 g/mol. The third-order valence-electron chi connectivity index (χ3n) is 1.71. The second kappa shape index (κ2) is 7.02. The number of thioether (sulfide) groups is 2. The van der Waals surface area contributed by atoms with E-state index < -0.39 is 7.60 Å². The molecule has 6 heteroatoms. The average Bonchev–Trinajstić information content (AvgIpc) is 2.46. The van der Waals surface area contributed by atoms with Crippen molar-refractivity contribution in [2.75, 3.05) is 24.7 Å². The molecule has 0 spiro atoms. The Bertz CT molecular complexity index is 258. The molecule has 0 aromatic carbocycles. The van der Waals surface area contributed by atoms with E-state index in [9.17, 15) is 4.57 Å². The van der Waals surface area contributed by atoms with Gasteiger partial charge in [-0.2, -0.15) is 0 Å². The van der Waals surface area contributed by atoms with Crippen LogP contribution in [0.3, 0.4) is 0 Å². The van der Waals surface area contributed by atoms with Crippen LogP contribution in [0.5, 0.6) is 0 Å². The lowest BCUT2D eigenvalue weighted by atomic mass is 10.6. The lowest BCUT2D eigenvalue weighted by molar-refractivity contribution is 0.228. The Morgan fingerprint density at radius 1 is 1.33 bits per heavy atom. The Balaban J connectivity index is 2.76. The summed E-state index contributed by atoms with van der Waals surface area (Å²) in [4.78, 5) is 0. The summed E-state index contributed by atoms with van der Waals surface area (Å²) in [6, 6.07) is 0. The van der Waals surface area contributed by atoms with Crippen molar-refractivity contribution in [2.24, 2.45) is 0 Å². The van der Waals surface area contributed by atoms with Crippen LogP contribution in [0.25, 0.3) is 0 Å². The van der Waals surface area contributed by atoms with Crippen molar-refractivity contribution < 1.29 is 13.6 Å². The van der Waals surface area contributed by atoms with Gasteiger partial charge >= 0.3 is 7.60 Å². The van der Waals surface area contributed by atoms with E-state index >= 15 is 0 Å². The lowest BCUT2D eigenvalue weighted by Crippen LogP contribution is -1.97. The Morgan fingerprint density at radius 2 is 2.00 bits per heavy atom. The van der Waals surface area contributed by atoms with Gasteiger partial charge in [0.15, 0.2) is 0 Å². The van der Waals surface area contributed by atoms with Gasteiger partial charge in [-0.1, -0.05) is 0 Å². The molecule has 3 nitrogen and oxygen atoms in total. The molecule has 0 aromatic heterocycles. The quantitative estimate of drug-likeness (QED) is 0.706. The van der Waals surface area contributed by atoms with Gasteiger partial charge in [-0.05, 0) is 37.2 Å². The first-order valence-corrected chi connectivity index (χ1v) is 8.65. The van der Waals surface area contributed by atoms with Crippen LogP contribution in [0.4, 0.5) is 0 Å². The van der Waals surface area contributed by atoms with E-state index in [-0.39, 0.29) is 0 Å². The molecule has 1 rings (SSSR count). The molecule has 0 saturated heterocycles. The molecule has 0 aliphatic carbocycles. The van der Waals surface area contributed by atoms with Crippen molar-refractivity contribution in [2.45, 2.75) is 20.3 Å². The van der Waals surface area contributed by atoms with Crippen molar-refractivity contribution in [3.8, 4) is 0 Å². The second-order valence-corrected chi connectivity index (χ2v) is 7.27. The molecule has 88 valence electrons. The SMILES string of the molecule is CCOP(=O)(OCC)C1=CSCCCS1. The molecule has 0 atom stereocenters. The van der Waals surface area contributed by atoms with Crippen LogP contribution in [0.15, 0.2) is 10.1 Å². The maximum atomic E-state index is 12.4. The van der Waals surface area contributed by atoms with E-state index in [4.69, 9.17) is 9.05 Å². The van der Waals surface area contributed by atoms with E-state index in [0.29, 0.717) is 13.2 Å². The summed E-state index contributed by atoms with van der Waals surface area (Å²) in [5.74, 6) is 2.07. The van der Waals surface area contributed by atoms with Crippen molar-refractivity contribution >= 4 is 31.1 Å². The fraction of sp³-hybridized carbons (Fsp3) is 0.778. The summed E-state index contributed by atoms with van der Waals surface area (Å²) in [5, 5.41) is 1.93. The Hall–Kier alpha value is 0.590. The minimum absolute atomic E-state index is 0.417. The third-order valence-corrected chi connectivity index (χ3v) is 6.79. The highest BCUT2D eigenvalue weighted by atomic mass is 32.2. The van der Waals surface area contributed by atoms with Crippen LogP contribution in [-0.2, 0) is 13.6 Å². The number of hydrogen-bond donors (Lipinski definition) is 0. The van der Waals surface area contributed by atoms with Gasteiger partial charge < -0.3 is 9.05 Å². The molecule has 0 N–H and O–H groups in total. The van der Waals surface area contributed by atoms with E-state index in [1.807, 2.05) is 19.3 Å². The fourth-order valence-electron chi connectivity index (χ4n) is 1.13. The summed E-state index contributed by atoms with van der Waals surface area (Å²) >= 11 is 3.29. The second-order valence-electron chi connectivity index (χ2n) is 2.86. The zero-order chi connectivity index (χ0) is 11.1. The first kappa shape index (κ1) is 13.7. The van der Waals surface area contributed by atoms with Gasteiger partial charge in [0.25, 0.3) is 0 Å². The maximum absolute atomic E-state index is 12.4. The average molecular weight is 268 g/mol. The lowest BCUT2D eigenvalue weighted by Gasteiger charge is -2.18. The summed E-state index contributed by atoms with van der Waals surface area (Å²) < 4.78 is 23.7. The van der Waals surface area contributed by atoms with Gasteiger partial charge in [0.05, 0.1) is 13.2 Å². The monoisotopic (exact) mass is 268 g/mol.